The number of hydrogen-bond donors (Lipinski definition) is 0. The van der Waals surface area contributed by atoms with Gasteiger partial charge in [-0.3, -0.25) is 0 Å². The maximum absolute atomic E-state index is 6.82. The van der Waals surface area contributed by atoms with E-state index < -0.39 is 0 Å². The van der Waals surface area contributed by atoms with Gasteiger partial charge >= 0.3 is 0 Å². The molecule has 0 unspecified atom stereocenters. The van der Waals surface area contributed by atoms with E-state index in [1.54, 1.807) is 0 Å². The van der Waals surface area contributed by atoms with Crippen LogP contribution in [0.1, 0.15) is 0 Å². The van der Waals surface area contributed by atoms with E-state index in [2.05, 4.69) is 30.3 Å². The van der Waals surface area contributed by atoms with Crippen LogP contribution in [0.15, 0.2) is 109 Å². The summed E-state index contributed by atoms with van der Waals surface area (Å²) in [6.07, 6.45) is 0. The van der Waals surface area contributed by atoms with Crippen molar-refractivity contribution in [3.63, 3.8) is 0 Å². The maximum atomic E-state index is 6.82. The van der Waals surface area contributed by atoms with Crippen LogP contribution in [0.2, 0.25) is 0 Å². The Morgan fingerprint density at radius 2 is 0.780 bits per heavy atom. The average molecular weight is 636 g/mol. The Labute approximate surface area is 303 Å². The second-order valence-corrected chi connectivity index (χ2v) is 13.0. The molecule has 0 aliphatic carbocycles. The minimum absolute atomic E-state index is 0.169. The van der Waals surface area contributed by atoms with Gasteiger partial charge in [-0.25, -0.2) is 15.0 Å². The van der Waals surface area contributed by atoms with Crippen molar-refractivity contribution in [1.29, 1.82) is 0 Å². The number of fused-ring (bicyclic) bond motifs is 3. The summed E-state index contributed by atoms with van der Waals surface area (Å²) in [6.45, 7) is 0. The van der Waals surface area contributed by atoms with Crippen molar-refractivity contribution in [2.75, 3.05) is 0 Å². The number of rotatable bonds is 5. The first-order valence-electron chi connectivity index (χ1n) is 15.7. The molecule has 0 N–H and O–H groups in total. The normalized spacial score (nSPS) is 11.4. The minimum Gasteiger partial charge on any atom is -0.208 e. The van der Waals surface area contributed by atoms with Crippen LogP contribution in [0.4, 0.5) is 0 Å². The topological polar surface area (TPSA) is 38.7 Å². The Morgan fingerprint density at radius 3 is 1.42 bits per heavy atom. The largest absolute Gasteiger partial charge is 0.208 e. The van der Waals surface area contributed by atoms with Gasteiger partial charge in [0.15, 0.2) is 17.5 Å². The van der Waals surface area contributed by atoms with Crippen LogP contribution in [0, 0.1) is 0 Å². The lowest BCUT2D eigenvalue weighted by molar-refractivity contribution is 1.08. The highest BCUT2D eigenvalue weighted by atomic mass is 32.1. The molecule has 0 saturated carbocycles. The Morgan fingerprint density at radius 1 is 0.340 bits per heavy atom. The van der Waals surface area contributed by atoms with E-state index in [9.17, 15) is 0 Å². The van der Waals surface area contributed by atoms with Crippen LogP contribution in [-0.2, 0) is 0 Å². The van der Waals surface area contributed by atoms with E-state index in [1.165, 1.54) is 11.3 Å². The van der Waals surface area contributed by atoms with Gasteiger partial charge in [-0.2, -0.15) is 0 Å². The summed E-state index contributed by atoms with van der Waals surface area (Å²) >= 11 is 1.31. The highest BCUT2D eigenvalue weighted by Gasteiger charge is 2.24. The molecule has 11 heteroatoms. The van der Waals surface area contributed by atoms with Gasteiger partial charge in [0.05, 0.1) is 0 Å². The first-order valence-corrected chi connectivity index (χ1v) is 16.6. The molecule has 0 aliphatic rings. The van der Waals surface area contributed by atoms with Crippen molar-refractivity contribution in [1.82, 2.24) is 15.0 Å². The molecule has 50 heavy (non-hydrogen) atoms. The van der Waals surface area contributed by atoms with Crippen LogP contribution < -0.4 is 38.2 Å². The second kappa shape index (κ2) is 12.7. The van der Waals surface area contributed by atoms with Gasteiger partial charge in [-0.1, -0.05) is 125 Å². The van der Waals surface area contributed by atoms with E-state index in [0.717, 1.165) is 33.4 Å². The molecule has 2 heterocycles. The van der Waals surface area contributed by atoms with Crippen molar-refractivity contribution in [3.8, 4) is 56.4 Å². The first-order chi connectivity index (χ1) is 24.2. The third kappa shape index (κ3) is 5.36. The van der Waals surface area contributed by atoms with Crippen molar-refractivity contribution >= 4 is 125 Å². The molecule has 3 nitrogen and oxygen atoms in total. The quantitative estimate of drug-likeness (QED) is 0.272. The van der Waals surface area contributed by atoms with Gasteiger partial charge in [0.1, 0.15) is 54.9 Å². The van der Waals surface area contributed by atoms with Crippen LogP contribution in [0.5, 0.6) is 0 Å². The van der Waals surface area contributed by atoms with E-state index in [1.807, 2.05) is 78.9 Å². The summed E-state index contributed by atoms with van der Waals surface area (Å²) in [4.78, 5) is 15.1. The van der Waals surface area contributed by atoms with Gasteiger partial charge in [0, 0.05) is 31.5 Å². The molecule has 6 aromatic carbocycles. The van der Waals surface area contributed by atoms with Gasteiger partial charge in [-0.05, 0) is 33.7 Å². The molecular weight excluding hydrogens is 618 g/mol. The standard InChI is InChI=1S/C39H18B7N3S/c40-28-26-25-27(29(41)31(43)33(45)35(25)50-36(26)34(46)32(44)30(28)42)39-48-37(22-16-14-21(15-17-22)19-8-3-1-4-9-19)47-38(49-39)24-13-7-12-23(18-24)20-10-5-2-6-11-20/h1-18H. The fourth-order valence-corrected chi connectivity index (χ4v) is 7.54. The zero-order chi connectivity index (χ0) is 34.7. The monoisotopic (exact) mass is 637 g/mol. The van der Waals surface area contributed by atoms with Gasteiger partial charge in [0.2, 0.25) is 0 Å². The fraction of sp³-hybridized carbons (Fsp3) is 0. The number of thiophene rings is 1. The molecule has 0 spiro atoms. The summed E-state index contributed by atoms with van der Waals surface area (Å²) in [7, 11) is 45.7. The van der Waals surface area contributed by atoms with E-state index >= 15 is 0 Å². The molecule has 0 fully saturated rings. The SMILES string of the molecule is [B]c1c([B])c([B])c2c(sc3c([B])c([B])c([B])c(-c4nc(-c5ccc(-c6ccccc6)cc5)nc(-c5cccc(-c6ccccc6)c5)n4)c32)c1[B]. The third-order valence-electron chi connectivity index (χ3n) is 8.97. The smallest absolute Gasteiger partial charge is 0.164 e. The lowest BCUT2D eigenvalue weighted by atomic mass is 9.64. The predicted octanol–water partition coefficient (Wildman–Crippen LogP) is 2.13. The summed E-state index contributed by atoms with van der Waals surface area (Å²) in [5.74, 6) is 1.16. The lowest BCUT2D eigenvalue weighted by Crippen LogP contribution is -2.47. The van der Waals surface area contributed by atoms with E-state index in [0.29, 0.717) is 48.3 Å². The second-order valence-electron chi connectivity index (χ2n) is 12.0. The third-order valence-corrected chi connectivity index (χ3v) is 10.2. The Bertz CT molecular complexity index is 2610. The van der Waals surface area contributed by atoms with E-state index in [4.69, 9.17) is 69.9 Å². The number of aromatic nitrogens is 3. The summed E-state index contributed by atoms with van der Waals surface area (Å²) in [5.41, 5.74) is 7.84. The fourth-order valence-electron chi connectivity index (χ4n) is 6.28. The zero-order valence-corrected chi connectivity index (χ0v) is 27.5. The van der Waals surface area contributed by atoms with E-state index in [-0.39, 0.29) is 33.1 Å². The van der Waals surface area contributed by atoms with Crippen LogP contribution in [0.3, 0.4) is 0 Å². The predicted molar refractivity (Wildman–Crippen MR) is 218 cm³/mol. The molecule has 8 rings (SSSR count). The Kier molecular flexibility index (Phi) is 8.19. The van der Waals surface area contributed by atoms with Crippen molar-refractivity contribution in [2.45, 2.75) is 0 Å². The number of nitrogens with zero attached hydrogens (tertiary/aromatic N) is 3. The average Bonchev–Trinajstić information content (AvgIpc) is 3.57. The number of hydrogen-bond acceptors (Lipinski definition) is 4. The zero-order valence-electron chi connectivity index (χ0n) is 26.7. The minimum atomic E-state index is 0.169. The lowest BCUT2D eigenvalue weighted by Gasteiger charge is -2.18. The highest BCUT2D eigenvalue weighted by molar-refractivity contribution is 7.28. The van der Waals surface area contributed by atoms with Gasteiger partial charge < -0.3 is 0 Å². The van der Waals surface area contributed by atoms with Crippen LogP contribution in [0.25, 0.3) is 76.6 Å². The van der Waals surface area contributed by atoms with Gasteiger partial charge in [0.25, 0.3) is 0 Å². The summed E-state index contributed by atoms with van der Waals surface area (Å²) < 4.78 is 1.23. The Balaban J connectivity index is 1.42. The summed E-state index contributed by atoms with van der Waals surface area (Å²) in [5, 5.41) is 1.15. The van der Waals surface area contributed by atoms with Crippen LogP contribution in [-0.4, -0.2) is 69.9 Å². The highest BCUT2D eigenvalue weighted by Crippen LogP contribution is 2.36. The van der Waals surface area contributed by atoms with Gasteiger partial charge in [-0.15, -0.1) is 27.7 Å². The maximum Gasteiger partial charge on any atom is 0.164 e. The molecule has 8 aromatic rings. The van der Waals surface area contributed by atoms with Crippen LogP contribution >= 0.6 is 11.3 Å². The van der Waals surface area contributed by atoms with Crippen molar-refractivity contribution in [2.24, 2.45) is 0 Å². The molecule has 0 amide bonds. The molecule has 0 saturated heterocycles. The van der Waals surface area contributed by atoms with Crippen molar-refractivity contribution in [3.05, 3.63) is 109 Å². The Hall–Kier alpha value is -5.00. The first kappa shape index (κ1) is 32.2. The molecular formula is C39H18B7N3S. The van der Waals surface area contributed by atoms with Crippen molar-refractivity contribution < 1.29 is 0 Å². The number of benzene rings is 6. The molecule has 14 radical (unpaired) electrons. The molecule has 0 bridgehead atoms. The summed E-state index contributed by atoms with van der Waals surface area (Å²) in [6, 6.07) is 36.4. The molecule has 216 valence electrons. The molecule has 0 atom stereocenters. The molecule has 0 aliphatic heterocycles. The molecule has 2 aromatic heterocycles.